The molecule has 0 aliphatic carbocycles. The molecule has 0 bridgehead atoms. The van der Waals surface area contributed by atoms with E-state index in [1.54, 1.807) is 0 Å². The van der Waals surface area contributed by atoms with Crippen molar-refractivity contribution in [1.29, 1.82) is 0 Å². The van der Waals surface area contributed by atoms with E-state index in [1.165, 1.54) is 276 Å². The summed E-state index contributed by atoms with van der Waals surface area (Å²) in [4.78, 5) is 12.5. The molecule has 388 valence electrons. The molecule has 5 nitrogen and oxygen atoms in total. The summed E-state index contributed by atoms with van der Waals surface area (Å²) in [6, 6.07) is -0.823. The molecule has 3 atom stereocenters. The zero-order valence-corrected chi connectivity index (χ0v) is 44.4. The van der Waals surface area contributed by atoms with E-state index in [9.17, 15) is 20.1 Å². The van der Waals surface area contributed by atoms with E-state index in [4.69, 9.17) is 0 Å². The number of hydrogen-bond acceptors (Lipinski definition) is 4. The molecular formula is C60H119NO4. The van der Waals surface area contributed by atoms with Gasteiger partial charge in [0.2, 0.25) is 5.91 Å². The molecule has 0 radical (unpaired) electrons. The third-order valence-corrected chi connectivity index (χ3v) is 14.4. The van der Waals surface area contributed by atoms with Gasteiger partial charge in [-0.25, -0.2) is 0 Å². The normalized spacial score (nSPS) is 13.2. The second-order valence-electron chi connectivity index (χ2n) is 20.9. The van der Waals surface area contributed by atoms with Crippen LogP contribution in [0.2, 0.25) is 0 Å². The van der Waals surface area contributed by atoms with Crippen LogP contribution in [0.15, 0.2) is 12.2 Å². The van der Waals surface area contributed by atoms with E-state index >= 15 is 0 Å². The Morgan fingerprint density at radius 1 is 0.369 bits per heavy atom. The first-order valence-corrected chi connectivity index (χ1v) is 30.0. The van der Waals surface area contributed by atoms with E-state index in [-0.39, 0.29) is 12.5 Å². The Hall–Kier alpha value is -0.910. The Kier molecular flexibility index (Phi) is 54.9. The van der Waals surface area contributed by atoms with E-state index < -0.39 is 18.2 Å². The summed E-state index contributed by atoms with van der Waals surface area (Å²) < 4.78 is 0. The molecular weight excluding hydrogens is 799 g/mol. The lowest BCUT2D eigenvalue weighted by atomic mass is 10.0. The lowest BCUT2D eigenvalue weighted by molar-refractivity contribution is -0.124. The molecule has 0 aromatic rings. The van der Waals surface area contributed by atoms with Gasteiger partial charge in [-0.15, -0.1) is 0 Å². The molecule has 65 heavy (non-hydrogen) atoms. The van der Waals surface area contributed by atoms with E-state index in [0.717, 1.165) is 38.5 Å². The third-order valence-electron chi connectivity index (χ3n) is 14.4. The van der Waals surface area contributed by atoms with Crippen molar-refractivity contribution in [2.24, 2.45) is 0 Å². The number of rotatable bonds is 56. The van der Waals surface area contributed by atoms with Crippen LogP contribution in [0, 0.1) is 0 Å². The summed E-state index contributed by atoms with van der Waals surface area (Å²) in [5.41, 5.74) is 0. The topological polar surface area (TPSA) is 89.8 Å². The van der Waals surface area contributed by atoms with E-state index in [2.05, 4.69) is 31.3 Å². The number of hydrogen-bond donors (Lipinski definition) is 4. The van der Waals surface area contributed by atoms with Gasteiger partial charge < -0.3 is 20.6 Å². The van der Waals surface area contributed by atoms with Crippen LogP contribution < -0.4 is 5.32 Å². The molecule has 3 unspecified atom stereocenters. The maximum Gasteiger partial charge on any atom is 0.220 e. The number of unbranched alkanes of at least 4 members (excludes halogenated alkanes) is 46. The fourth-order valence-corrected chi connectivity index (χ4v) is 9.76. The van der Waals surface area contributed by atoms with Crippen LogP contribution in [0.1, 0.15) is 341 Å². The van der Waals surface area contributed by atoms with Crippen LogP contribution in [0.25, 0.3) is 0 Å². The molecule has 5 heteroatoms. The smallest absolute Gasteiger partial charge is 0.220 e. The van der Waals surface area contributed by atoms with E-state index in [1.807, 2.05) is 0 Å². The maximum atomic E-state index is 12.5. The molecule has 4 N–H and O–H groups in total. The van der Waals surface area contributed by atoms with Gasteiger partial charge in [0.1, 0.15) is 6.10 Å². The van der Waals surface area contributed by atoms with Crippen molar-refractivity contribution in [2.75, 3.05) is 6.61 Å². The minimum atomic E-state index is -1.16. The summed E-state index contributed by atoms with van der Waals surface area (Å²) >= 11 is 0. The zero-order chi connectivity index (χ0) is 47.2. The minimum Gasteiger partial charge on any atom is -0.394 e. The van der Waals surface area contributed by atoms with Crippen molar-refractivity contribution in [3.63, 3.8) is 0 Å². The molecule has 0 heterocycles. The number of carbonyl (C=O) groups excluding carboxylic acids is 1. The van der Waals surface area contributed by atoms with Crippen LogP contribution in [-0.4, -0.2) is 46.1 Å². The van der Waals surface area contributed by atoms with Gasteiger partial charge in [0.05, 0.1) is 18.8 Å². The average molecular weight is 919 g/mol. The number of allylic oxidation sites excluding steroid dienone is 2. The van der Waals surface area contributed by atoms with Gasteiger partial charge in [-0.3, -0.25) is 4.79 Å². The number of amides is 1. The van der Waals surface area contributed by atoms with Gasteiger partial charge in [-0.1, -0.05) is 309 Å². The standard InChI is InChI=1S/C60H119NO4/c1-3-5-7-9-11-13-15-17-19-21-23-24-25-26-27-28-29-30-31-32-33-34-35-37-39-41-43-45-47-49-51-53-55-59(64)61-57(56-62)60(65)58(63)54-52-50-48-46-44-42-40-38-36-22-20-18-16-14-12-10-8-6-4-2/h46,48,57-58,60,62-63,65H,3-45,47,49-56H2,1-2H3,(H,61,64)/b48-46+. The molecule has 0 fully saturated rings. The monoisotopic (exact) mass is 918 g/mol. The quantitative estimate of drug-likeness (QED) is 0.0361. The Balaban J connectivity index is 3.48. The first kappa shape index (κ1) is 64.1. The lowest BCUT2D eigenvalue weighted by Crippen LogP contribution is -2.50. The number of aliphatic hydroxyl groups excluding tert-OH is 3. The lowest BCUT2D eigenvalue weighted by Gasteiger charge is -2.26. The van der Waals surface area contributed by atoms with Gasteiger partial charge in [-0.2, -0.15) is 0 Å². The maximum absolute atomic E-state index is 12.5. The molecule has 0 saturated heterocycles. The molecule has 0 aliphatic heterocycles. The highest BCUT2D eigenvalue weighted by Gasteiger charge is 2.26. The molecule has 0 spiro atoms. The second-order valence-corrected chi connectivity index (χ2v) is 20.9. The highest BCUT2D eigenvalue weighted by atomic mass is 16.3. The molecule has 0 saturated carbocycles. The fourth-order valence-electron chi connectivity index (χ4n) is 9.76. The summed E-state index contributed by atoms with van der Waals surface area (Å²) in [7, 11) is 0. The number of nitrogens with one attached hydrogen (secondary N) is 1. The largest absolute Gasteiger partial charge is 0.394 e. The Morgan fingerprint density at radius 3 is 0.892 bits per heavy atom. The van der Waals surface area contributed by atoms with Crippen molar-refractivity contribution in [2.45, 2.75) is 360 Å². The SMILES string of the molecule is CCCCCCCCCCCCCCCC/C=C/CCCC(O)C(O)C(CO)NC(=O)CCCCCCCCCCCCCCCCCCCCCCCCCCCCCCCCCC. The minimum absolute atomic E-state index is 0.146. The Bertz CT molecular complexity index is 925. The first-order valence-electron chi connectivity index (χ1n) is 30.0. The average Bonchev–Trinajstić information content (AvgIpc) is 3.31. The predicted octanol–water partition coefficient (Wildman–Crippen LogP) is 18.7. The molecule has 0 aromatic carbocycles. The van der Waals surface area contributed by atoms with Gasteiger partial charge in [0, 0.05) is 6.42 Å². The van der Waals surface area contributed by atoms with Crippen LogP contribution in [0.3, 0.4) is 0 Å². The highest BCUT2D eigenvalue weighted by Crippen LogP contribution is 2.18. The van der Waals surface area contributed by atoms with Crippen LogP contribution in [0.5, 0.6) is 0 Å². The summed E-state index contributed by atoms with van der Waals surface area (Å²) in [5, 5.41) is 33.8. The Labute approximate surface area is 408 Å². The fraction of sp³-hybridized carbons (Fsp3) is 0.950. The third kappa shape index (κ3) is 50.8. The zero-order valence-electron chi connectivity index (χ0n) is 44.4. The van der Waals surface area contributed by atoms with Crippen molar-refractivity contribution in [3.05, 3.63) is 12.2 Å². The first-order chi connectivity index (χ1) is 32.1. The van der Waals surface area contributed by atoms with Gasteiger partial charge in [-0.05, 0) is 38.5 Å². The number of carbonyl (C=O) groups is 1. The summed E-state index contributed by atoms with van der Waals surface area (Å²) in [6.07, 6.45) is 69.6. The van der Waals surface area contributed by atoms with Crippen LogP contribution in [0.4, 0.5) is 0 Å². The molecule has 0 rings (SSSR count). The van der Waals surface area contributed by atoms with Gasteiger partial charge in [0.25, 0.3) is 0 Å². The summed E-state index contributed by atoms with van der Waals surface area (Å²) in [5.74, 6) is -0.146. The van der Waals surface area contributed by atoms with Crippen LogP contribution >= 0.6 is 0 Å². The summed E-state index contributed by atoms with van der Waals surface area (Å²) in [6.45, 7) is 4.21. The molecule has 0 aliphatic rings. The van der Waals surface area contributed by atoms with Crippen molar-refractivity contribution in [1.82, 2.24) is 5.32 Å². The van der Waals surface area contributed by atoms with Gasteiger partial charge >= 0.3 is 0 Å². The number of aliphatic hydroxyl groups is 3. The second kappa shape index (κ2) is 55.7. The Morgan fingerprint density at radius 2 is 0.615 bits per heavy atom. The van der Waals surface area contributed by atoms with Crippen molar-refractivity contribution < 1.29 is 20.1 Å². The van der Waals surface area contributed by atoms with Crippen LogP contribution in [-0.2, 0) is 4.79 Å². The van der Waals surface area contributed by atoms with Gasteiger partial charge in [0.15, 0.2) is 0 Å². The van der Waals surface area contributed by atoms with E-state index in [0.29, 0.717) is 12.8 Å². The highest BCUT2D eigenvalue weighted by molar-refractivity contribution is 5.76. The van der Waals surface area contributed by atoms with Crippen molar-refractivity contribution in [3.8, 4) is 0 Å². The molecule has 0 aromatic heterocycles. The molecule has 1 amide bonds. The van der Waals surface area contributed by atoms with Crippen molar-refractivity contribution >= 4 is 5.91 Å². The predicted molar refractivity (Wildman–Crippen MR) is 287 cm³/mol.